The molecule has 5 rings (SSSR count). The molecule has 2 aliphatic heterocycles. The van der Waals surface area contributed by atoms with Gasteiger partial charge in [-0.25, -0.2) is 4.79 Å². The molecule has 0 aromatic heterocycles. The highest BCUT2D eigenvalue weighted by atomic mass is 16.2. The van der Waals surface area contributed by atoms with Crippen LogP contribution in [0.2, 0.25) is 0 Å². The highest BCUT2D eigenvalue weighted by Gasteiger charge is 2.58. The number of nitrogens with zero attached hydrogens (tertiary/aromatic N) is 1. The first kappa shape index (κ1) is 17.6. The number of urea groups is 1. The summed E-state index contributed by atoms with van der Waals surface area (Å²) in [6.07, 6.45) is 2.50. The number of amides is 3. The van der Waals surface area contributed by atoms with E-state index in [0.29, 0.717) is 18.0 Å². The van der Waals surface area contributed by atoms with Gasteiger partial charge in [0.05, 0.1) is 5.54 Å². The largest absolute Gasteiger partial charge is 0.326 e. The molecule has 3 fully saturated rings. The Morgan fingerprint density at radius 3 is 2.56 bits per heavy atom. The maximum Gasteiger partial charge on any atom is 0.322 e. The smallest absolute Gasteiger partial charge is 0.322 e. The fourth-order valence-electron chi connectivity index (χ4n) is 4.36. The molecule has 2 bridgehead atoms. The Labute approximate surface area is 159 Å². The number of hydrogen-bond acceptors (Lipinski definition) is 2. The van der Waals surface area contributed by atoms with Gasteiger partial charge >= 0.3 is 6.03 Å². The van der Waals surface area contributed by atoms with Gasteiger partial charge in [-0.3, -0.25) is 4.79 Å². The van der Waals surface area contributed by atoms with Crippen molar-refractivity contribution in [3.8, 4) is 0 Å². The third kappa shape index (κ3) is 3.07. The molecule has 27 heavy (non-hydrogen) atoms. The van der Waals surface area contributed by atoms with E-state index in [2.05, 4.69) is 22.8 Å². The summed E-state index contributed by atoms with van der Waals surface area (Å²) in [5, 5.41) is 5.92. The van der Waals surface area contributed by atoms with E-state index in [9.17, 15) is 9.59 Å². The van der Waals surface area contributed by atoms with Crippen molar-refractivity contribution in [2.45, 2.75) is 38.6 Å². The molecule has 0 radical (unpaired) electrons. The van der Waals surface area contributed by atoms with E-state index < -0.39 is 0 Å². The predicted molar refractivity (Wildman–Crippen MR) is 107 cm³/mol. The molecule has 2 saturated heterocycles. The minimum atomic E-state index is -0.169. The zero-order valence-corrected chi connectivity index (χ0v) is 15.8. The van der Waals surface area contributed by atoms with E-state index in [0.717, 1.165) is 30.6 Å². The normalized spacial score (nSPS) is 22.9. The van der Waals surface area contributed by atoms with Crippen molar-refractivity contribution in [1.82, 2.24) is 4.90 Å². The highest BCUT2D eigenvalue weighted by molar-refractivity contribution is 5.94. The van der Waals surface area contributed by atoms with Crippen LogP contribution in [0, 0.1) is 12.8 Å². The lowest BCUT2D eigenvalue weighted by Gasteiger charge is -2.42. The Kier molecular flexibility index (Phi) is 4.38. The van der Waals surface area contributed by atoms with E-state index >= 15 is 0 Å². The molecule has 0 atom stereocenters. The Bertz CT molecular complexity index is 872. The summed E-state index contributed by atoms with van der Waals surface area (Å²) < 4.78 is 0. The first-order valence-electron chi connectivity index (χ1n) is 9.56. The third-order valence-corrected chi connectivity index (χ3v) is 5.85. The fourth-order valence-corrected chi connectivity index (χ4v) is 4.36. The number of anilines is 2. The van der Waals surface area contributed by atoms with Gasteiger partial charge in [-0.15, -0.1) is 0 Å². The minimum Gasteiger partial charge on any atom is -0.326 e. The molecule has 3 amide bonds. The van der Waals surface area contributed by atoms with Gasteiger partial charge in [0, 0.05) is 24.3 Å². The zero-order chi connectivity index (χ0) is 19.0. The second-order valence-corrected chi connectivity index (χ2v) is 7.64. The molecular weight excluding hydrogens is 338 g/mol. The van der Waals surface area contributed by atoms with E-state index in [-0.39, 0.29) is 17.5 Å². The fraction of sp³-hybridized carbons (Fsp3) is 0.364. The van der Waals surface area contributed by atoms with Gasteiger partial charge in [0.25, 0.3) is 0 Å². The molecule has 2 heterocycles. The second-order valence-electron chi connectivity index (χ2n) is 7.64. The summed E-state index contributed by atoms with van der Waals surface area (Å²) in [4.78, 5) is 26.7. The lowest BCUT2D eigenvalue weighted by atomic mass is 9.69. The number of aryl methyl sites for hydroxylation is 1. The van der Waals surface area contributed by atoms with Crippen molar-refractivity contribution in [1.29, 1.82) is 0 Å². The molecule has 2 aromatic carbocycles. The summed E-state index contributed by atoms with van der Waals surface area (Å²) in [7, 11) is 0. The number of hydrogen-bond donors (Lipinski definition) is 2. The first-order chi connectivity index (χ1) is 13.0. The predicted octanol–water partition coefficient (Wildman–Crippen LogP) is 4.50. The van der Waals surface area contributed by atoms with E-state index in [1.165, 1.54) is 5.56 Å². The van der Waals surface area contributed by atoms with Gasteiger partial charge in [0.2, 0.25) is 5.91 Å². The standard InChI is InChI=1S/C22H25N3O2/c1-3-20(26)23-18-10-9-15(2)19(11-18)24-21(27)25-14-16-12-22(25,13-16)17-7-5-4-6-8-17/h4-11,16H,3,12-14H2,1-2H3,(H,23,26)(H,24,27). The van der Waals surface area contributed by atoms with Crippen molar-refractivity contribution in [3.63, 3.8) is 0 Å². The maximum atomic E-state index is 13.1. The van der Waals surface area contributed by atoms with Crippen LogP contribution in [0.3, 0.4) is 0 Å². The molecule has 0 spiro atoms. The molecule has 5 nitrogen and oxygen atoms in total. The molecule has 140 valence electrons. The average molecular weight is 363 g/mol. The number of benzene rings is 2. The summed E-state index contributed by atoms with van der Waals surface area (Å²) in [5.41, 5.74) is 3.46. The highest BCUT2D eigenvalue weighted by Crippen LogP contribution is 2.57. The molecule has 2 aromatic rings. The Morgan fingerprint density at radius 2 is 1.85 bits per heavy atom. The lowest BCUT2D eigenvalue weighted by molar-refractivity contribution is -0.115. The maximum absolute atomic E-state index is 13.1. The summed E-state index contributed by atoms with van der Waals surface area (Å²) in [6.45, 7) is 4.57. The first-order valence-corrected chi connectivity index (χ1v) is 9.56. The van der Waals surface area contributed by atoms with Crippen LogP contribution in [0.1, 0.15) is 37.3 Å². The number of nitrogens with one attached hydrogen (secondary N) is 2. The third-order valence-electron chi connectivity index (χ3n) is 5.85. The number of rotatable bonds is 4. The Morgan fingerprint density at radius 1 is 1.11 bits per heavy atom. The SMILES string of the molecule is CCC(=O)Nc1ccc(C)c(NC(=O)N2CC3CC2(c2ccccc2)C3)c1. The van der Waals surface area contributed by atoms with Gasteiger partial charge < -0.3 is 15.5 Å². The summed E-state index contributed by atoms with van der Waals surface area (Å²) in [6, 6.07) is 15.9. The molecule has 0 unspecified atom stereocenters. The van der Waals surface area contributed by atoms with Crippen molar-refractivity contribution in [2.24, 2.45) is 5.92 Å². The molecule has 1 aliphatic carbocycles. The number of carbonyl (C=O) groups is 2. The minimum absolute atomic E-state index is 0.0421. The Balaban J connectivity index is 1.54. The van der Waals surface area contributed by atoms with E-state index in [1.807, 2.05) is 55.1 Å². The summed E-state index contributed by atoms with van der Waals surface area (Å²) in [5.74, 6) is 0.548. The molecule has 5 heteroatoms. The van der Waals surface area contributed by atoms with Gasteiger partial charge in [-0.05, 0) is 48.9 Å². The Hall–Kier alpha value is -2.82. The monoisotopic (exact) mass is 363 g/mol. The van der Waals surface area contributed by atoms with Gasteiger partial charge in [0.1, 0.15) is 0 Å². The second kappa shape index (κ2) is 6.72. The van der Waals surface area contributed by atoms with Crippen LogP contribution < -0.4 is 10.6 Å². The van der Waals surface area contributed by atoms with Crippen LogP contribution in [0.5, 0.6) is 0 Å². The molecule has 3 aliphatic rings. The van der Waals surface area contributed by atoms with Crippen LogP contribution in [0.25, 0.3) is 0 Å². The molecular formula is C22H25N3O2. The number of fused-ring (bicyclic) bond motifs is 1. The summed E-state index contributed by atoms with van der Waals surface area (Å²) >= 11 is 0. The topological polar surface area (TPSA) is 61.4 Å². The average Bonchev–Trinajstić information content (AvgIpc) is 3.22. The van der Waals surface area contributed by atoms with Crippen LogP contribution in [0.4, 0.5) is 16.2 Å². The quantitative estimate of drug-likeness (QED) is 0.840. The van der Waals surface area contributed by atoms with E-state index in [4.69, 9.17) is 0 Å². The lowest BCUT2D eigenvalue weighted by Crippen LogP contribution is -2.47. The van der Waals surface area contributed by atoms with Crippen LogP contribution in [0.15, 0.2) is 48.5 Å². The van der Waals surface area contributed by atoms with E-state index in [1.54, 1.807) is 0 Å². The molecule has 1 saturated carbocycles. The zero-order valence-electron chi connectivity index (χ0n) is 15.8. The van der Waals surface area contributed by atoms with Crippen molar-refractivity contribution < 1.29 is 9.59 Å². The van der Waals surface area contributed by atoms with Crippen molar-refractivity contribution in [3.05, 3.63) is 59.7 Å². The van der Waals surface area contributed by atoms with Crippen molar-refractivity contribution in [2.75, 3.05) is 17.2 Å². The van der Waals surface area contributed by atoms with Crippen LogP contribution in [-0.4, -0.2) is 23.4 Å². The van der Waals surface area contributed by atoms with Gasteiger partial charge in [-0.2, -0.15) is 0 Å². The molecule has 2 N–H and O–H groups in total. The van der Waals surface area contributed by atoms with Crippen LogP contribution in [-0.2, 0) is 10.3 Å². The van der Waals surface area contributed by atoms with Gasteiger partial charge in [-0.1, -0.05) is 43.3 Å². The van der Waals surface area contributed by atoms with Crippen molar-refractivity contribution >= 4 is 23.3 Å². The van der Waals surface area contributed by atoms with Crippen LogP contribution >= 0.6 is 0 Å². The number of carbonyl (C=O) groups excluding carboxylic acids is 2. The van der Waals surface area contributed by atoms with Gasteiger partial charge in [0.15, 0.2) is 0 Å².